The molecule has 1 atom stereocenters. The van der Waals surface area contributed by atoms with Gasteiger partial charge in [-0.1, -0.05) is 0 Å². The zero-order chi connectivity index (χ0) is 21.1. The molecule has 0 spiro atoms. The Morgan fingerprint density at radius 2 is 1.90 bits per heavy atom. The lowest BCUT2D eigenvalue weighted by Crippen LogP contribution is -2.18. The number of aromatic amines is 1. The minimum Gasteiger partial charge on any atom is -0.491 e. The third kappa shape index (κ3) is 4.19. The first-order chi connectivity index (χ1) is 13.8. The van der Waals surface area contributed by atoms with Crippen molar-refractivity contribution in [3.05, 3.63) is 80.9 Å². The topological polar surface area (TPSA) is 81.0 Å². The van der Waals surface area contributed by atoms with Gasteiger partial charge in [-0.2, -0.15) is 0 Å². The predicted octanol–water partition coefficient (Wildman–Crippen LogP) is 3.82. The van der Waals surface area contributed by atoms with Gasteiger partial charge < -0.3 is 15.5 Å². The Labute approximate surface area is 167 Å². The zero-order valence-corrected chi connectivity index (χ0v) is 16.6. The van der Waals surface area contributed by atoms with Crippen LogP contribution in [0.5, 0.6) is 5.75 Å². The number of hydrogen-bond acceptors (Lipinski definition) is 4. The van der Waals surface area contributed by atoms with Crippen LogP contribution in [-0.4, -0.2) is 23.1 Å². The van der Waals surface area contributed by atoms with Crippen LogP contribution in [0, 0.1) is 25.5 Å². The van der Waals surface area contributed by atoms with E-state index in [0.29, 0.717) is 29.2 Å². The lowest BCUT2D eigenvalue weighted by molar-refractivity contribution is 0.337. The van der Waals surface area contributed by atoms with E-state index >= 15 is 0 Å². The molecule has 29 heavy (non-hydrogen) atoms. The van der Waals surface area contributed by atoms with Crippen molar-refractivity contribution in [3.8, 4) is 17.0 Å². The lowest BCUT2D eigenvalue weighted by Gasteiger charge is -2.20. The summed E-state index contributed by atoms with van der Waals surface area (Å²) in [5.74, 6) is -1.28. The molecule has 3 aromatic rings. The Balaban J connectivity index is 2.24. The molecule has 0 saturated heterocycles. The molecular weight excluding hydrogens is 376 g/mol. The first-order valence-corrected chi connectivity index (χ1v) is 9.34. The molecule has 7 heteroatoms. The molecule has 2 heterocycles. The summed E-state index contributed by atoms with van der Waals surface area (Å²) in [5.41, 5.74) is 8.51. The van der Waals surface area contributed by atoms with Gasteiger partial charge in [-0.15, -0.1) is 0 Å². The van der Waals surface area contributed by atoms with Crippen LogP contribution in [0.15, 0.2) is 41.3 Å². The summed E-state index contributed by atoms with van der Waals surface area (Å²) in [6.45, 7) is 5.79. The number of nitrogens with zero attached hydrogens (tertiary/aromatic N) is 1. The first kappa shape index (κ1) is 20.7. The van der Waals surface area contributed by atoms with Crippen molar-refractivity contribution in [1.82, 2.24) is 9.97 Å². The highest BCUT2D eigenvalue weighted by molar-refractivity contribution is 5.70. The van der Waals surface area contributed by atoms with Gasteiger partial charge in [0.2, 0.25) is 5.56 Å². The molecule has 0 aliphatic carbocycles. The fourth-order valence-electron chi connectivity index (χ4n) is 3.32. The van der Waals surface area contributed by atoms with Gasteiger partial charge in [-0.25, -0.2) is 13.8 Å². The van der Waals surface area contributed by atoms with Crippen LogP contribution >= 0.6 is 0 Å². The van der Waals surface area contributed by atoms with Gasteiger partial charge in [-0.05, 0) is 55.7 Å². The Hall–Kier alpha value is -3.06. The van der Waals surface area contributed by atoms with Crippen molar-refractivity contribution in [2.24, 2.45) is 5.73 Å². The SMILES string of the molecule is CCOc1c(C)cc(C(CN)c2cc[nH]c(=O)c2)nc1-c1cc(C)c(F)cc1F. The molecule has 0 bridgehead atoms. The summed E-state index contributed by atoms with van der Waals surface area (Å²) in [7, 11) is 0. The summed E-state index contributed by atoms with van der Waals surface area (Å²) in [6.07, 6.45) is 1.55. The van der Waals surface area contributed by atoms with Crippen LogP contribution in [-0.2, 0) is 0 Å². The number of ether oxygens (including phenoxy) is 1. The lowest BCUT2D eigenvalue weighted by atomic mass is 9.94. The average molecular weight is 399 g/mol. The van der Waals surface area contributed by atoms with Gasteiger partial charge >= 0.3 is 0 Å². The average Bonchev–Trinajstić information content (AvgIpc) is 2.67. The van der Waals surface area contributed by atoms with Gasteiger partial charge in [0.05, 0.1) is 12.3 Å². The Kier molecular flexibility index (Phi) is 6.08. The van der Waals surface area contributed by atoms with Crippen molar-refractivity contribution >= 4 is 0 Å². The smallest absolute Gasteiger partial charge is 0.248 e. The number of nitrogens with one attached hydrogen (secondary N) is 1. The van der Waals surface area contributed by atoms with Crippen LogP contribution in [0.2, 0.25) is 0 Å². The number of benzene rings is 1. The van der Waals surface area contributed by atoms with Crippen molar-refractivity contribution in [3.63, 3.8) is 0 Å². The molecule has 0 aliphatic heterocycles. The fourth-order valence-corrected chi connectivity index (χ4v) is 3.32. The summed E-state index contributed by atoms with van der Waals surface area (Å²) < 4.78 is 34.2. The van der Waals surface area contributed by atoms with E-state index in [1.807, 2.05) is 19.9 Å². The number of H-pyrrole nitrogens is 1. The Morgan fingerprint density at radius 1 is 1.14 bits per heavy atom. The quantitative estimate of drug-likeness (QED) is 0.660. The highest BCUT2D eigenvalue weighted by atomic mass is 19.1. The summed E-state index contributed by atoms with van der Waals surface area (Å²) in [5, 5.41) is 0. The number of nitrogens with two attached hydrogens (primary N) is 1. The largest absolute Gasteiger partial charge is 0.491 e. The molecule has 0 saturated carbocycles. The monoisotopic (exact) mass is 399 g/mol. The molecule has 0 aliphatic rings. The number of hydrogen-bond donors (Lipinski definition) is 2. The van der Waals surface area contributed by atoms with Gasteiger partial charge in [0.15, 0.2) is 0 Å². The van der Waals surface area contributed by atoms with E-state index in [-0.39, 0.29) is 29.3 Å². The number of pyridine rings is 2. The van der Waals surface area contributed by atoms with Gasteiger partial charge in [-0.3, -0.25) is 4.79 Å². The molecule has 152 valence electrons. The number of halogens is 2. The first-order valence-electron chi connectivity index (χ1n) is 9.34. The van der Waals surface area contributed by atoms with E-state index in [9.17, 15) is 13.6 Å². The number of aryl methyl sites for hydroxylation is 2. The van der Waals surface area contributed by atoms with Gasteiger partial charge in [0.1, 0.15) is 23.1 Å². The molecule has 0 fully saturated rings. The maximum absolute atomic E-state index is 14.7. The summed E-state index contributed by atoms with van der Waals surface area (Å²) in [4.78, 5) is 19.0. The van der Waals surface area contributed by atoms with Crippen molar-refractivity contribution < 1.29 is 13.5 Å². The second kappa shape index (κ2) is 8.53. The van der Waals surface area contributed by atoms with E-state index in [2.05, 4.69) is 9.97 Å². The molecule has 2 aromatic heterocycles. The molecule has 1 unspecified atom stereocenters. The standard InChI is InChI=1S/C22H23F2N3O2/c1-4-29-22-13(3)8-19(16(11-25)14-5-6-26-20(28)9-14)27-21(22)15-7-12(2)17(23)10-18(15)24/h5-10,16H,4,11,25H2,1-3H3,(H,26,28). The second-order valence-corrected chi connectivity index (χ2v) is 6.83. The van der Waals surface area contributed by atoms with Gasteiger partial charge in [0, 0.05) is 36.4 Å². The van der Waals surface area contributed by atoms with Crippen molar-refractivity contribution in [2.45, 2.75) is 26.7 Å². The summed E-state index contributed by atoms with van der Waals surface area (Å²) in [6, 6.07) is 7.31. The van der Waals surface area contributed by atoms with Crippen molar-refractivity contribution in [2.75, 3.05) is 13.2 Å². The van der Waals surface area contributed by atoms with Crippen LogP contribution in [0.25, 0.3) is 11.3 Å². The van der Waals surface area contributed by atoms with E-state index in [1.54, 1.807) is 19.2 Å². The highest BCUT2D eigenvalue weighted by Crippen LogP contribution is 2.36. The van der Waals surface area contributed by atoms with Crippen LogP contribution < -0.4 is 16.0 Å². The second-order valence-electron chi connectivity index (χ2n) is 6.83. The van der Waals surface area contributed by atoms with Crippen LogP contribution in [0.3, 0.4) is 0 Å². The molecule has 3 N–H and O–H groups in total. The minimum atomic E-state index is -0.724. The van der Waals surface area contributed by atoms with E-state index in [0.717, 1.165) is 11.6 Å². The molecule has 0 radical (unpaired) electrons. The highest BCUT2D eigenvalue weighted by Gasteiger charge is 2.22. The normalized spacial score (nSPS) is 12.1. The Morgan fingerprint density at radius 3 is 2.55 bits per heavy atom. The van der Waals surface area contributed by atoms with Gasteiger partial charge in [0.25, 0.3) is 0 Å². The van der Waals surface area contributed by atoms with Crippen LogP contribution in [0.1, 0.15) is 35.2 Å². The number of aromatic nitrogens is 2. The predicted molar refractivity (Wildman–Crippen MR) is 108 cm³/mol. The third-order valence-electron chi connectivity index (χ3n) is 4.76. The number of rotatable bonds is 6. The van der Waals surface area contributed by atoms with Crippen molar-refractivity contribution in [1.29, 1.82) is 0 Å². The molecule has 3 rings (SSSR count). The Bertz CT molecular complexity index is 1100. The maximum atomic E-state index is 14.7. The fraction of sp³-hybridized carbons (Fsp3) is 0.273. The maximum Gasteiger partial charge on any atom is 0.248 e. The molecule has 1 aromatic carbocycles. The van der Waals surface area contributed by atoms with E-state index in [4.69, 9.17) is 10.5 Å². The zero-order valence-electron chi connectivity index (χ0n) is 16.6. The van der Waals surface area contributed by atoms with E-state index in [1.165, 1.54) is 12.1 Å². The minimum absolute atomic E-state index is 0.152. The molecule has 5 nitrogen and oxygen atoms in total. The molecular formula is C22H23F2N3O2. The van der Waals surface area contributed by atoms with Crippen LogP contribution in [0.4, 0.5) is 8.78 Å². The third-order valence-corrected chi connectivity index (χ3v) is 4.76. The van der Waals surface area contributed by atoms with E-state index < -0.39 is 11.6 Å². The summed E-state index contributed by atoms with van der Waals surface area (Å²) >= 11 is 0. The molecule has 0 amide bonds.